The van der Waals surface area contributed by atoms with Crippen LogP contribution in [-0.4, -0.2) is 56.1 Å². The third-order valence-corrected chi connectivity index (χ3v) is 7.29. The number of sulfonamides is 2. The van der Waals surface area contributed by atoms with Crippen molar-refractivity contribution < 1.29 is 16.8 Å². The molecule has 2 heterocycles. The normalized spacial score (nSPS) is 30.4. The van der Waals surface area contributed by atoms with Crippen LogP contribution in [0.4, 0.5) is 0 Å². The van der Waals surface area contributed by atoms with Crippen molar-refractivity contribution in [2.24, 2.45) is 0 Å². The average molecular weight is 280 g/mol. The van der Waals surface area contributed by atoms with Gasteiger partial charge in [-0.2, -0.15) is 0 Å². The molecule has 0 spiro atoms. The predicted octanol–water partition coefficient (Wildman–Crippen LogP) is -0.430. The van der Waals surface area contributed by atoms with Crippen molar-refractivity contribution in [1.82, 2.24) is 8.61 Å². The first-order valence-corrected chi connectivity index (χ1v) is 8.60. The zero-order valence-corrected chi connectivity index (χ0v) is 11.1. The van der Waals surface area contributed by atoms with Crippen molar-refractivity contribution >= 4 is 20.0 Å². The minimum Gasteiger partial charge on any atom is -0.276 e. The lowest BCUT2D eigenvalue weighted by Gasteiger charge is -2.38. The molecule has 2 saturated heterocycles. The molecule has 2 aliphatic heterocycles. The lowest BCUT2D eigenvalue weighted by Crippen LogP contribution is -2.53. The molecule has 2 rings (SSSR count). The second-order valence-electron chi connectivity index (χ2n) is 4.28. The zero-order valence-electron chi connectivity index (χ0n) is 9.45. The van der Waals surface area contributed by atoms with Crippen LogP contribution in [0.5, 0.6) is 0 Å². The van der Waals surface area contributed by atoms with Gasteiger partial charge in [0.2, 0.25) is 20.0 Å². The molecule has 0 aliphatic carbocycles. The Morgan fingerprint density at radius 1 is 1.29 bits per heavy atom. The van der Waals surface area contributed by atoms with Gasteiger partial charge in [-0.15, -0.1) is 0 Å². The van der Waals surface area contributed by atoms with Gasteiger partial charge >= 0.3 is 0 Å². The predicted molar refractivity (Wildman–Crippen MR) is 64.2 cm³/mol. The molecule has 0 aromatic rings. The van der Waals surface area contributed by atoms with Crippen LogP contribution < -0.4 is 0 Å². The molecule has 0 bridgehead atoms. The topological polar surface area (TPSA) is 74.8 Å². The molecule has 0 radical (unpaired) electrons. The molecule has 98 valence electrons. The van der Waals surface area contributed by atoms with Crippen LogP contribution in [0.1, 0.15) is 12.8 Å². The maximum absolute atomic E-state index is 11.6. The van der Waals surface area contributed by atoms with E-state index >= 15 is 0 Å². The van der Waals surface area contributed by atoms with E-state index < -0.39 is 20.0 Å². The average Bonchev–Trinajstić information content (AvgIpc) is 2.25. The first-order valence-electron chi connectivity index (χ1n) is 5.49. The summed E-state index contributed by atoms with van der Waals surface area (Å²) in [5, 5.41) is -0.371. The fourth-order valence-corrected chi connectivity index (χ4v) is 4.72. The highest BCUT2D eigenvalue weighted by atomic mass is 32.2. The third-order valence-electron chi connectivity index (χ3n) is 3.26. The van der Waals surface area contributed by atoms with E-state index in [0.29, 0.717) is 32.5 Å². The summed E-state index contributed by atoms with van der Waals surface area (Å²) in [4.78, 5) is 0. The van der Waals surface area contributed by atoms with E-state index in [1.54, 1.807) is 0 Å². The van der Waals surface area contributed by atoms with Gasteiger partial charge < -0.3 is 0 Å². The van der Waals surface area contributed by atoms with Crippen molar-refractivity contribution in [3.63, 3.8) is 0 Å². The number of hydrogen-bond donors (Lipinski definition) is 0. The van der Waals surface area contributed by atoms with Crippen molar-refractivity contribution in [2.45, 2.75) is 18.1 Å². The Balaban J connectivity index is 1.76. The van der Waals surface area contributed by atoms with Gasteiger partial charge in [-0.1, -0.05) is 6.58 Å². The van der Waals surface area contributed by atoms with Gasteiger partial charge in [0.15, 0.2) is 0 Å². The Morgan fingerprint density at radius 3 is 2.41 bits per heavy atom. The molecule has 6 nitrogen and oxygen atoms in total. The van der Waals surface area contributed by atoms with Gasteiger partial charge in [0, 0.05) is 19.3 Å². The Morgan fingerprint density at radius 2 is 2.00 bits per heavy atom. The molecule has 0 aromatic heterocycles. The van der Waals surface area contributed by atoms with Crippen LogP contribution in [0.3, 0.4) is 0 Å². The number of hydrogen-bond acceptors (Lipinski definition) is 4. The second-order valence-corrected chi connectivity index (χ2v) is 8.53. The summed E-state index contributed by atoms with van der Waals surface area (Å²) in [6.07, 6.45) is 2.42. The highest BCUT2D eigenvalue weighted by Gasteiger charge is 2.41. The van der Waals surface area contributed by atoms with Crippen LogP contribution in [0, 0.1) is 0 Å². The minimum absolute atomic E-state index is 0.221. The molecule has 0 aromatic carbocycles. The molecular formula is C9H16N2O4S2. The summed E-state index contributed by atoms with van der Waals surface area (Å²) >= 11 is 0. The Kier molecular flexibility index (Phi) is 3.21. The van der Waals surface area contributed by atoms with Crippen LogP contribution in [-0.2, 0) is 20.0 Å². The molecule has 2 aliphatic rings. The molecule has 2 fully saturated rings. The summed E-state index contributed by atoms with van der Waals surface area (Å²) in [6, 6.07) is 0. The van der Waals surface area contributed by atoms with E-state index in [-0.39, 0.29) is 11.0 Å². The summed E-state index contributed by atoms with van der Waals surface area (Å²) in [5.74, 6) is 0.221. The van der Waals surface area contributed by atoms with Crippen molar-refractivity contribution in [2.75, 3.05) is 25.4 Å². The number of rotatable bonds is 5. The molecule has 0 N–H and O–H groups in total. The lowest BCUT2D eigenvalue weighted by molar-refractivity contribution is 0.357. The zero-order chi connectivity index (χ0) is 12.7. The lowest BCUT2D eigenvalue weighted by atomic mass is 10.2. The Bertz CT molecular complexity index is 511. The van der Waals surface area contributed by atoms with E-state index in [9.17, 15) is 16.8 Å². The summed E-state index contributed by atoms with van der Waals surface area (Å²) < 4.78 is 48.2. The van der Waals surface area contributed by atoms with Crippen molar-refractivity contribution in [3.8, 4) is 0 Å². The third kappa shape index (κ3) is 2.21. The van der Waals surface area contributed by atoms with Crippen LogP contribution in [0.25, 0.3) is 0 Å². The van der Waals surface area contributed by atoms with Gasteiger partial charge in [-0.3, -0.25) is 4.31 Å². The maximum atomic E-state index is 11.6. The monoisotopic (exact) mass is 280 g/mol. The smallest absolute Gasteiger partial charge is 0.239 e. The Labute approximate surface area is 102 Å². The molecule has 8 heteroatoms. The van der Waals surface area contributed by atoms with Crippen LogP contribution in [0.15, 0.2) is 12.8 Å². The largest absolute Gasteiger partial charge is 0.276 e. The second kappa shape index (κ2) is 4.25. The standard InChI is InChI=1S/C9H16N2O4S2/c1-2-10-8-9(17(10,14)15)4-3-5-11-6-7-16(11,12)13/h2,9H,1,3-8H2. The summed E-state index contributed by atoms with van der Waals surface area (Å²) in [7, 11) is -6.18. The van der Waals surface area contributed by atoms with Gasteiger partial charge in [0.05, 0.1) is 17.5 Å². The molecular weight excluding hydrogens is 264 g/mol. The molecule has 1 atom stereocenters. The summed E-state index contributed by atoms with van der Waals surface area (Å²) in [6.45, 7) is 4.89. The first kappa shape index (κ1) is 12.8. The first-order chi connectivity index (χ1) is 7.88. The van der Waals surface area contributed by atoms with Crippen molar-refractivity contribution in [3.05, 3.63) is 12.8 Å². The molecule has 1 unspecified atom stereocenters. The van der Waals surface area contributed by atoms with E-state index in [0.717, 1.165) is 0 Å². The highest BCUT2D eigenvalue weighted by molar-refractivity contribution is 7.91. The Hall–Kier alpha value is -0.600. The fraction of sp³-hybridized carbons (Fsp3) is 0.778. The van der Waals surface area contributed by atoms with Gasteiger partial charge in [0.1, 0.15) is 0 Å². The van der Waals surface area contributed by atoms with Crippen LogP contribution in [0.2, 0.25) is 0 Å². The van der Waals surface area contributed by atoms with E-state index in [1.807, 2.05) is 0 Å². The molecule has 0 amide bonds. The fourth-order valence-electron chi connectivity index (χ4n) is 2.04. The SMILES string of the molecule is C=CN1CC(CCCN2CCS2(=O)=O)S1(=O)=O. The highest BCUT2D eigenvalue weighted by Crippen LogP contribution is 2.26. The van der Waals surface area contributed by atoms with E-state index in [4.69, 9.17) is 0 Å². The van der Waals surface area contributed by atoms with Crippen LogP contribution >= 0.6 is 0 Å². The molecule has 17 heavy (non-hydrogen) atoms. The van der Waals surface area contributed by atoms with Crippen molar-refractivity contribution in [1.29, 1.82) is 0 Å². The van der Waals surface area contributed by atoms with Gasteiger partial charge in [0.25, 0.3) is 0 Å². The molecule has 0 saturated carbocycles. The van der Waals surface area contributed by atoms with E-state index in [1.165, 1.54) is 14.8 Å². The maximum Gasteiger partial charge on any atom is 0.239 e. The van der Waals surface area contributed by atoms with E-state index in [2.05, 4.69) is 6.58 Å². The number of nitrogens with zero attached hydrogens (tertiary/aromatic N) is 2. The summed E-state index contributed by atoms with van der Waals surface area (Å²) in [5.41, 5.74) is 0. The van der Waals surface area contributed by atoms with Gasteiger partial charge in [-0.05, 0) is 12.8 Å². The minimum atomic E-state index is -3.18. The van der Waals surface area contributed by atoms with Gasteiger partial charge in [-0.25, -0.2) is 21.1 Å². The quantitative estimate of drug-likeness (QED) is 0.685.